The van der Waals surface area contributed by atoms with Crippen molar-refractivity contribution >= 4 is 11.9 Å². The number of hydrogen-bond donors (Lipinski definition) is 0. The molecule has 0 N–H and O–H groups in total. The molecule has 1 aromatic rings. The number of nitrogens with zero attached hydrogens (tertiary/aromatic N) is 1. The van der Waals surface area contributed by atoms with E-state index in [2.05, 4.69) is 4.74 Å². The molecule has 1 amide bonds. The van der Waals surface area contributed by atoms with Crippen LogP contribution in [-0.2, 0) is 19.7 Å². The number of benzene rings is 1. The third-order valence-electron chi connectivity index (χ3n) is 3.77. The fourth-order valence-electron chi connectivity index (χ4n) is 2.37. The van der Waals surface area contributed by atoms with E-state index in [9.17, 15) is 14.0 Å². The molecular formula is C15H18FNO3. The van der Waals surface area contributed by atoms with Gasteiger partial charge in [0, 0.05) is 6.54 Å². The molecular weight excluding hydrogens is 261 g/mol. The Labute approximate surface area is 117 Å². The molecule has 0 spiro atoms. The Morgan fingerprint density at radius 1 is 1.30 bits per heavy atom. The number of ether oxygens (including phenoxy) is 1. The molecule has 0 aromatic heterocycles. The number of carbonyl (C=O) groups excluding carboxylic acids is 2. The zero-order valence-electron chi connectivity index (χ0n) is 11.7. The van der Waals surface area contributed by atoms with Crippen molar-refractivity contribution in [3.05, 3.63) is 35.6 Å². The topological polar surface area (TPSA) is 46.6 Å². The molecule has 20 heavy (non-hydrogen) atoms. The van der Waals surface area contributed by atoms with Crippen molar-refractivity contribution in [1.82, 2.24) is 4.90 Å². The second-order valence-corrected chi connectivity index (χ2v) is 4.98. The van der Waals surface area contributed by atoms with Gasteiger partial charge >= 0.3 is 5.97 Å². The normalized spacial score (nSPS) is 15.6. The van der Waals surface area contributed by atoms with Crippen LogP contribution in [0.4, 0.5) is 4.39 Å². The molecule has 1 aliphatic rings. The van der Waals surface area contributed by atoms with E-state index in [0.29, 0.717) is 6.54 Å². The summed E-state index contributed by atoms with van der Waals surface area (Å²) in [5.41, 5.74) is 0.227. The minimum atomic E-state index is -0.586. The highest BCUT2D eigenvalue weighted by molar-refractivity contribution is 5.93. The number of carbonyl (C=O) groups is 2. The number of methoxy groups -OCH3 is 1. The summed E-state index contributed by atoms with van der Waals surface area (Å²) in [5.74, 6) is -0.842. The monoisotopic (exact) mass is 279 g/mol. The molecule has 4 nitrogen and oxygen atoms in total. The second-order valence-electron chi connectivity index (χ2n) is 4.98. The fraction of sp³-hybridized carbons (Fsp3) is 0.467. The lowest BCUT2D eigenvalue weighted by atomic mass is 9.94. The predicted molar refractivity (Wildman–Crippen MR) is 71.6 cm³/mol. The third-order valence-corrected chi connectivity index (χ3v) is 3.77. The van der Waals surface area contributed by atoms with E-state index < -0.39 is 11.4 Å². The minimum Gasteiger partial charge on any atom is -0.468 e. The highest BCUT2D eigenvalue weighted by Crippen LogP contribution is 2.49. The Balaban J connectivity index is 2.18. The van der Waals surface area contributed by atoms with Crippen LogP contribution in [0.5, 0.6) is 0 Å². The van der Waals surface area contributed by atoms with E-state index in [4.69, 9.17) is 0 Å². The molecule has 108 valence electrons. The van der Waals surface area contributed by atoms with E-state index in [-0.39, 0.29) is 18.3 Å². The summed E-state index contributed by atoms with van der Waals surface area (Å²) in [6.45, 7) is 2.22. The fourth-order valence-corrected chi connectivity index (χ4v) is 2.37. The van der Waals surface area contributed by atoms with Crippen molar-refractivity contribution in [1.29, 1.82) is 0 Å². The van der Waals surface area contributed by atoms with E-state index >= 15 is 0 Å². The number of likely N-dealkylation sites (N-methyl/N-ethyl adjacent to an activating group) is 1. The van der Waals surface area contributed by atoms with Gasteiger partial charge in [-0.2, -0.15) is 0 Å². The lowest BCUT2D eigenvalue weighted by molar-refractivity contribution is -0.147. The van der Waals surface area contributed by atoms with Crippen LogP contribution in [0.2, 0.25) is 0 Å². The summed E-state index contributed by atoms with van der Waals surface area (Å²) in [7, 11) is 1.30. The summed E-state index contributed by atoms with van der Waals surface area (Å²) in [4.78, 5) is 25.5. The van der Waals surface area contributed by atoms with Crippen LogP contribution < -0.4 is 0 Å². The van der Waals surface area contributed by atoms with Gasteiger partial charge in [0.2, 0.25) is 5.91 Å². The van der Waals surface area contributed by atoms with E-state index in [1.807, 2.05) is 6.92 Å². The van der Waals surface area contributed by atoms with Crippen LogP contribution in [0.1, 0.15) is 25.3 Å². The van der Waals surface area contributed by atoms with Crippen LogP contribution in [0, 0.1) is 5.82 Å². The summed E-state index contributed by atoms with van der Waals surface area (Å²) < 4.78 is 17.6. The van der Waals surface area contributed by atoms with Crippen molar-refractivity contribution in [3.63, 3.8) is 0 Å². The van der Waals surface area contributed by atoms with Crippen LogP contribution in [-0.4, -0.2) is 37.0 Å². The quantitative estimate of drug-likeness (QED) is 0.773. The smallest absolute Gasteiger partial charge is 0.325 e. The maximum Gasteiger partial charge on any atom is 0.325 e. The Morgan fingerprint density at radius 3 is 2.35 bits per heavy atom. The SMILES string of the molecule is CCN(CC(=O)OC)C(=O)C1(c2ccc(F)cc2)CC1. The van der Waals surface area contributed by atoms with Gasteiger partial charge < -0.3 is 9.64 Å². The number of hydrogen-bond acceptors (Lipinski definition) is 3. The molecule has 0 aliphatic heterocycles. The standard InChI is InChI=1S/C15H18FNO3/c1-3-17(10-13(18)20-2)14(19)15(8-9-15)11-4-6-12(16)7-5-11/h4-7H,3,8-10H2,1-2H3. The maximum absolute atomic E-state index is 13.0. The third kappa shape index (κ3) is 2.66. The Morgan fingerprint density at radius 2 is 1.90 bits per heavy atom. The average Bonchev–Trinajstić information content (AvgIpc) is 3.26. The van der Waals surface area contributed by atoms with Gasteiger partial charge in [0.15, 0.2) is 0 Å². The summed E-state index contributed by atoms with van der Waals surface area (Å²) in [5, 5.41) is 0. The lowest BCUT2D eigenvalue weighted by Crippen LogP contribution is -2.42. The Bertz CT molecular complexity index is 508. The number of amides is 1. The van der Waals surface area contributed by atoms with Crippen LogP contribution in [0.15, 0.2) is 24.3 Å². The van der Waals surface area contributed by atoms with Gasteiger partial charge in [0.05, 0.1) is 12.5 Å². The van der Waals surface area contributed by atoms with Gasteiger partial charge in [-0.15, -0.1) is 0 Å². The van der Waals surface area contributed by atoms with Gasteiger partial charge in [0.25, 0.3) is 0 Å². The summed E-state index contributed by atoms with van der Waals surface area (Å²) in [6, 6.07) is 6.01. The molecule has 1 fully saturated rings. The van der Waals surface area contributed by atoms with Crippen LogP contribution in [0.25, 0.3) is 0 Å². The van der Waals surface area contributed by atoms with Crippen LogP contribution in [0.3, 0.4) is 0 Å². The van der Waals surface area contributed by atoms with Crippen molar-refractivity contribution in [3.8, 4) is 0 Å². The molecule has 0 bridgehead atoms. The molecule has 0 saturated heterocycles. The number of halogens is 1. The zero-order chi connectivity index (χ0) is 14.8. The zero-order valence-corrected chi connectivity index (χ0v) is 11.7. The Kier molecular flexibility index (Phi) is 4.06. The Hall–Kier alpha value is -1.91. The van der Waals surface area contributed by atoms with Gasteiger partial charge in [0.1, 0.15) is 12.4 Å². The molecule has 1 saturated carbocycles. The van der Waals surface area contributed by atoms with E-state index in [0.717, 1.165) is 18.4 Å². The largest absolute Gasteiger partial charge is 0.468 e. The first-order chi connectivity index (χ1) is 9.53. The molecule has 1 aliphatic carbocycles. The van der Waals surface area contributed by atoms with Gasteiger partial charge in [-0.25, -0.2) is 4.39 Å². The molecule has 0 unspecified atom stereocenters. The van der Waals surface area contributed by atoms with Crippen molar-refractivity contribution in [2.24, 2.45) is 0 Å². The molecule has 0 heterocycles. The molecule has 5 heteroatoms. The molecule has 1 aromatic carbocycles. The first kappa shape index (κ1) is 14.5. The molecule has 0 radical (unpaired) electrons. The van der Waals surface area contributed by atoms with Gasteiger partial charge in [-0.05, 0) is 37.5 Å². The minimum absolute atomic E-state index is 0.0468. The lowest BCUT2D eigenvalue weighted by Gasteiger charge is -2.25. The summed E-state index contributed by atoms with van der Waals surface area (Å²) >= 11 is 0. The number of rotatable bonds is 5. The van der Waals surface area contributed by atoms with E-state index in [1.165, 1.54) is 24.1 Å². The van der Waals surface area contributed by atoms with Crippen molar-refractivity contribution in [2.75, 3.05) is 20.2 Å². The highest BCUT2D eigenvalue weighted by Gasteiger charge is 2.52. The maximum atomic E-state index is 13.0. The van der Waals surface area contributed by atoms with Crippen molar-refractivity contribution < 1.29 is 18.7 Å². The number of esters is 1. The van der Waals surface area contributed by atoms with Gasteiger partial charge in [-0.1, -0.05) is 12.1 Å². The second kappa shape index (κ2) is 5.61. The average molecular weight is 279 g/mol. The first-order valence-electron chi connectivity index (χ1n) is 6.65. The van der Waals surface area contributed by atoms with Crippen LogP contribution >= 0.6 is 0 Å². The van der Waals surface area contributed by atoms with Gasteiger partial charge in [-0.3, -0.25) is 9.59 Å². The highest BCUT2D eigenvalue weighted by atomic mass is 19.1. The first-order valence-corrected chi connectivity index (χ1v) is 6.65. The van der Waals surface area contributed by atoms with E-state index in [1.54, 1.807) is 12.1 Å². The predicted octanol–water partition coefficient (Wildman–Crippen LogP) is 1.88. The summed E-state index contributed by atoms with van der Waals surface area (Å²) in [6.07, 6.45) is 1.46. The molecule has 2 rings (SSSR count). The van der Waals surface area contributed by atoms with Crippen molar-refractivity contribution in [2.45, 2.75) is 25.2 Å². The molecule has 0 atom stereocenters.